The fraction of sp³-hybridized carbons (Fsp3) is 0.261. The molecule has 4 rings (SSSR count). The summed E-state index contributed by atoms with van der Waals surface area (Å²) in [4.78, 5) is 12.4. The van der Waals surface area contributed by atoms with Crippen LogP contribution in [0.3, 0.4) is 0 Å². The first-order valence-electron chi connectivity index (χ1n) is 9.54. The summed E-state index contributed by atoms with van der Waals surface area (Å²) < 4.78 is 22.5. The summed E-state index contributed by atoms with van der Waals surface area (Å²) in [5, 5.41) is 2.85. The van der Waals surface area contributed by atoms with Crippen molar-refractivity contribution >= 4 is 5.91 Å². The van der Waals surface area contributed by atoms with Gasteiger partial charge in [-0.05, 0) is 55.3 Å². The molecule has 0 bridgehead atoms. The molecule has 0 radical (unpaired) electrons. The molecule has 1 amide bonds. The molecule has 1 aromatic heterocycles. The molecule has 0 atom stereocenters. The Hall–Kier alpha value is -3.41. The van der Waals surface area contributed by atoms with Crippen molar-refractivity contribution < 1.29 is 23.4 Å². The Morgan fingerprint density at radius 1 is 1.00 bits per heavy atom. The fourth-order valence-electron chi connectivity index (χ4n) is 3.15. The van der Waals surface area contributed by atoms with Gasteiger partial charge in [-0.3, -0.25) is 4.79 Å². The minimum Gasteiger partial charge on any atom is -0.486 e. The number of benzene rings is 2. The molecule has 6 heteroatoms. The largest absolute Gasteiger partial charge is 0.486 e. The van der Waals surface area contributed by atoms with Crippen LogP contribution >= 0.6 is 0 Å². The van der Waals surface area contributed by atoms with Crippen molar-refractivity contribution in [1.29, 1.82) is 0 Å². The number of amides is 1. The minimum absolute atomic E-state index is 0.252. The second-order valence-electron chi connectivity index (χ2n) is 6.98. The van der Waals surface area contributed by atoms with Gasteiger partial charge in [0.1, 0.15) is 31.3 Å². The molecule has 0 saturated heterocycles. The van der Waals surface area contributed by atoms with Crippen LogP contribution in [0.25, 0.3) is 0 Å². The van der Waals surface area contributed by atoms with E-state index < -0.39 is 0 Å². The molecule has 2 heterocycles. The number of aryl methyl sites for hydroxylation is 2. The summed E-state index contributed by atoms with van der Waals surface area (Å²) in [6.45, 7) is 5.75. The average Bonchev–Trinajstić information content (AvgIpc) is 3.20. The van der Waals surface area contributed by atoms with Gasteiger partial charge in [-0.25, -0.2) is 0 Å². The molecule has 29 heavy (non-hydrogen) atoms. The van der Waals surface area contributed by atoms with Gasteiger partial charge in [-0.2, -0.15) is 0 Å². The predicted molar refractivity (Wildman–Crippen MR) is 108 cm³/mol. The maximum absolute atomic E-state index is 12.4. The van der Waals surface area contributed by atoms with Gasteiger partial charge in [0.25, 0.3) is 5.91 Å². The monoisotopic (exact) mass is 393 g/mol. The molecule has 1 aliphatic rings. The first-order valence-corrected chi connectivity index (χ1v) is 9.54. The van der Waals surface area contributed by atoms with Crippen molar-refractivity contribution in [1.82, 2.24) is 5.32 Å². The standard InChI is InChI=1S/C23H23NO5/c1-15-3-6-19(16(2)11-15)28-14-18-5-8-21(29-18)23(25)24-13-17-4-7-20-22(12-17)27-10-9-26-20/h3-8,11-12H,9-10,13-14H2,1-2H3,(H,24,25). The van der Waals surface area contributed by atoms with Gasteiger partial charge in [-0.15, -0.1) is 0 Å². The maximum atomic E-state index is 12.4. The van der Waals surface area contributed by atoms with Gasteiger partial charge in [0.05, 0.1) is 0 Å². The molecule has 2 aromatic carbocycles. The number of rotatable bonds is 6. The van der Waals surface area contributed by atoms with E-state index in [-0.39, 0.29) is 18.3 Å². The zero-order valence-corrected chi connectivity index (χ0v) is 16.5. The molecule has 0 saturated carbocycles. The Morgan fingerprint density at radius 3 is 2.66 bits per heavy atom. The molecule has 1 N–H and O–H groups in total. The van der Waals surface area contributed by atoms with Crippen LogP contribution in [-0.2, 0) is 13.2 Å². The Morgan fingerprint density at radius 2 is 1.83 bits per heavy atom. The lowest BCUT2D eigenvalue weighted by atomic mass is 10.1. The number of carbonyl (C=O) groups is 1. The van der Waals surface area contributed by atoms with Gasteiger partial charge < -0.3 is 23.9 Å². The van der Waals surface area contributed by atoms with E-state index >= 15 is 0 Å². The van der Waals surface area contributed by atoms with Gasteiger partial charge in [0, 0.05) is 6.54 Å². The van der Waals surface area contributed by atoms with Crippen molar-refractivity contribution in [2.75, 3.05) is 13.2 Å². The van der Waals surface area contributed by atoms with Crippen LogP contribution in [0.4, 0.5) is 0 Å². The summed E-state index contributed by atoms with van der Waals surface area (Å²) in [7, 11) is 0. The van der Waals surface area contributed by atoms with Crippen LogP contribution in [0, 0.1) is 13.8 Å². The zero-order valence-electron chi connectivity index (χ0n) is 16.5. The number of fused-ring (bicyclic) bond motifs is 1. The van der Waals surface area contributed by atoms with Crippen LogP contribution in [-0.4, -0.2) is 19.1 Å². The average molecular weight is 393 g/mol. The molecule has 6 nitrogen and oxygen atoms in total. The van der Waals surface area contributed by atoms with Crippen LogP contribution in [0.5, 0.6) is 17.2 Å². The maximum Gasteiger partial charge on any atom is 0.287 e. The smallest absolute Gasteiger partial charge is 0.287 e. The second-order valence-corrected chi connectivity index (χ2v) is 6.98. The predicted octanol–water partition coefficient (Wildman–Crippen LogP) is 4.18. The number of nitrogens with one attached hydrogen (secondary N) is 1. The first-order chi connectivity index (χ1) is 14.1. The summed E-state index contributed by atoms with van der Waals surface area (Å²) in [6, 6.07) is 15.0. The van der Waals surface area contributed by atoms with Crippen molar-refractivity contribution in [3.8, 4) is 17.2 Å². The van der Waals surface area contributed by atoms with Crippen molar-refractivity contribution in [3.63, 3.8) is 0 Å². The van der Waals surface area contributed by atoms with Crippen LogP contribution in [0.1, 0.15) is 33.0 Å². The summed E-state index contributed by atoms with van der Waals surface area (Å²) in [5.74, 6) is 2.79. The highest BCUT2D eigenvalue weighted by Gasteiger charge is 2.14. The Bertz CT molecular complexity index is 1020. The second kappa shape index (κ2) is 8.31. The molecule has 0 aliphatic carbocycles. The van der Waals surface area contributed by atoms with Crippen molar-refractivity contribution in [2.24, 2.45) is 0 Å². The van der Waals surface area contributed by atoms with E-state index in [9.17, 15) is 4.79 Å². The zero-order chi connectivity index (χ0) is 20.2. The van der Waals surface area contributed by atoms with Crippen LogP contribution < -0.4 is 19.5 Å². The van der Waals surface area contributed by atoms with Gasteiger partial charge >= 0.3 is 0 Å². The fourth-order valence-corrected chi connectivity index (χ4v) is 3.15. The highest BCUT2D eigenvalue weighted by molar-refractivity contribution is 5.91. The summed E-state index contributed by atoms with van der Waals surface area (Å²) >= 11 is 0. The number of furan rings is 1. The third kappa shape index (κ3) is 4.54. The Kier molecular flexibility index (Phi) is 5.42. The van der Waals surface area contributed by atoms with Crippen molar-refractivity contribution in [3.05, 3.63) is 76.7 Å². The SMILES string of the molecule is Cc1ccc(OCc2ccc(C(=O)NCc3ccc4c(c3)OCCO4)o2)c(C)c1. The minimum atomic E-state index is -0.280. The van der Waals surface area contributed by atoms with E-state index in [4.69, 9.17) is 18.6 Å². The van der Waals surface area contributed by atoms with E-state index in [1.807, 2.05) is 44.2 Å². The molecule has 150 valence electrons. The quantitative estimate of drug-likeness (QED) is 0.680. The summed E-state index contributed by atoms with van der Waals surface area (Å²) in [5.41, 5.74) is 3.17. The topological polar surface area (TPSA) is 69.9 Å². The Balaban J connectivity index is 1.32. The third-order valence-corrected chi connectivity index (χ3v) is 4.65. The molecule has 3 aromatic rings. The molecule has 1 aliphatic heterocycles. The molecule has 0 spiro atoms. The molecular weight excluding hydrogens is 370 g/mol. The lowest BCUT2D eigenvalue weighted by Gasteiger charge is -2.18. The van der Waals surface area contributed by atoms with E-state index in [0.717, 1.165) is 22.6 Å². The lowest BCUT2D eigenvalue weighted by Crippen LogP contribution is -2.22. The van der Waals surface area contributed by atoms with Gasteiger partial charge in [0.15, 0.2) is 17.3 Å². The lowest BCUT2D eigenvalue weighted by molar-refractivity contribution is 0.0919. The van der Waals surface area contributed by atoms with E-state index in [2.05, 4.69) is 11.4 Å². The van der Waals surface area contributed by atoms with E-state index in [1.165, 1.54) is 5.56 Å². The number of hydrogen-bond donors (Lipinski definition) is 1. The third-order valence-electron chi connectivity index (χ3n) is 4.65. The van der Waals surface area contributed by atoms with Crippen LogP contribution in [0.15, 0.2) is 52.9 Å². The van der Waals surface area contributed by atoms with Gasteiger partial charge in [0.2, 0.25) is 0 Å². The highest BCUT2D eigenvalue weighted by Crippen LogP contribution is 2.30. The normalized spacial score (nSPS) is 12.5. The molecular formula is C23H23NO5. The molecule has 0 fully saturated rings. The van der Waals surface area contributed by atoms with E-state index in [0.29, 0.717) is 31.3 Å². The number of hydrogen-bond acceptors (Lipinski definition) is 5. The number of carbonyl (C=O) groups excluding carboxylic acids is 1. The van der Waals surface area contributed by atoms with E-state index in [1.54, 1.807) is 12.1 Å². The first kappa shape index (κ1) is 18.9. The van der Waals surface area contributed by atoms with Crippen molar-refractivity contribution in [2.45, 2.75) is 27.0 Å². The number of ether oxygens (including phenoxy) is 3. The van der Waals surface area contributed by atoms with Gasteiger partial charge in [-0.1, -0.05) is 23.8 Å². The highest BCUT2D eigenvalue weighted by atomic mass is 16.6. The summed E-state index contributed by atoms with van der Waals surface area (Å²) in [6.07, 6.45) is 0. The Labute approximate surface area is 169 Å². The molecule has 0 unspecified atom stereocenters. The van der Waals surface area contributed by atoms with Crippen LogP contribution in [0.2, 0.25) is 0 Å².